The molecule has 3 aromatic carbocycles. The Balaban J connectivity index is 1.55. The number of benzene rings is 3. The topological polar surface area (TPSA) is 80.5 Å². The van der Waals surface area contributed by atoms with E-state index in [0.29, 0.717) is 24.0 Å². The van der Waals surface area contributed by atoms with Gasteiger partial charge in [0, 0.05) is 17.8 Å². The second kappa shape index (κ2) is 9.85. The fourth-order valence-electron chi connectivity index (χ4n) is 4.32. The third-order valence-electron chi connectivity index (χ3n) is 6.18. The molecule has 7 nitrogen and oxygen atoms in total. The number of methoxy groups -OCH3 is 1. The van der Waals surface area contributed by atoms with Crippen LogP contribution in [-0.2, 0) is 6.42 Å². The zero-order chi connectivity index (χ0) is 24.2. The molecule has 4 aromatic rings. The molecule has 0 saturated carbocycles. The van der Waals surface area contributed by atoms with E-state index < -0.39 is 6.04 Å². The molecule has 1 atom stereocenters. The average molecular weight is 467 g/mol. The van der Waals surface area contributed by atoms with Crippen LogP contribution in [0.4, 0.5) is 4.79 Å². The molecule has 0 saturated heterocycles. The Labute approximate surface area is 204 Å². The van der Waals surface area contributed by atoms with Crippen molar-refractivity contribution in [2.45, 2.75) is 19.4 Å². The van der Waals surface area contributed by atoms with Gasteiger partial charge in [0.1, 0.15) is 5.75 Å². The van der Waals surface area contributed by atoms with Crippen molar-refractivity contribution in [3.05, 3.63) is 108 Å². The lowest BCUT2D eigenvalue weighted by atomic mass is 9.94. The maximum Gasteiger partial charge on any atom is 0.322 e. The van der Waals surface area contributed by atoms with Crippen molar-refractivity contribution < 1.29 is 14.1 Å². The van der Waals surface area contributed by atoms with Crippen LogP contribution in [0.25, 0.3) is 17.0 Å². The van der Waals surface area contributed by atoms with Gasteiger partial charge in [0.05, 0.1) is 18.7 Å². The lowest BCUT2D eigenvalue weighted by Gasteiger charge is -2.35. The number of carbonyl (C=O) groups excluding carboxylic acids is 1. The van der Waals surface area contributed by atoms with E-state index >= 15 is 0 Å². The lowest BCUT2D eigenvalue weighted by Crippen LogP contribution is -2.46. The number of amides is 2. The zero-order valence-electron chi connectivity index (χ0n) is 19.6. The highest BCUT2D eigenvalue weighted by Gasteiger charge is 2.35. The van der Waals surface area contributed by atoms with Gasteiger partial charge in [-0.2, -0.15) is 4.98 Å². The highest BCUT2D eigenvalue weighted by atomic mass is 16.5. The number of hydrogen-bond donors (Lipinski definition) is 1. The number of rotatable bonds is 7. The second-order valence-electron chi connectivity index (χ2n) is 8.33. The number of hydrogen-bond acceptors (Lipinski definition) is 5. The summed E-state index contributed by atoms with van der Waals surface area (Å²) < 4.78 is 11.2. The van der Waals surface area contributed by atoms with Crippen LogP contribution in [0.1, 0.15) is 30.0 Å². The van der Waals surface area contributed by atoms with Crippen molar-refractivity contribution in [1.29, 1.82) is 0 Å². The maximum atomic E-state index is 13.3. The molecule has 176 valence electrons. The van der Waals surface area contributed by atoms with Gasteiger partial charge >= 0.3 is 6.03 Å². The molecule has 1 N–H and O–H groups in total. The first-order chi connectivity index (χ1) is 17.1. The lowest BCUT2D eigenvalue weighted by molar-refractivity contribution is 0.205. The summed E-state index contributed by atoms with van der Waals surface area (Å²) in [5, 5.41) is 7.36. The molecule has 2 heterocycles. The van der Waals surface area contributed by atoms with Gasteiger partial charge < -0.3 is 14.6 Å². The van der Waals surface area contributed by atoms with Crippen molar-refractivity contribution in [1.82, 2.24) is 20.4 Å². The smallest absolute Gasteiger partial charge is 0.322 e. The Morgan fingerprint density at radius 2 is 1.74 bits per heavy atom. The molecule has 1 unspecified atom stereocenters. The molecule has 7 heteroatoms. The van der Waals surface area contributed by atoms with E-state index in [1.54, 1.807) is 12.0 Å². The van der Waals surface area contributed by atoms with Crippen molar-refractivity contribution >= 4 is 11.6 Å². The molecule has 1 aliphatic heterocycles. The first kappa shape index (κ1) is 22.4. The largest absolute Gasteiger partial charge is 0.497 e. The summed E-state index contributed by atoms with van der Waals surface area (Å²) in [4.78, 5) is 19.7. The standard InChI is InChI=1S/C28H26N4O3/c1-19-24(27-30-26(31-35-27)21-12-7-4-8-13-21)25(22-14-9-15-23(18-22)34-2)29-28(33)32(19)17-16-20-10-5-3-6-11-20/h3-15,18,25H,16-17H2,1-2H3,(H,29,33). The summed E-state index contributed by atoms with van der Waals surface area (Å²) in [6.45, 7) is 2.45. The van der Waals surface area contributed by atoms with Gasteiger partial charge in [-0.1, -0.05) is 78.0 Å². The quantitative estimate of drug-likeness (QED) is 0.390. The monoisotopic (exact) mass is 466 g/mol. The first-order valence-electron chi connectivity index (χ1n) is 11.5. The molecule has 2 amide bonds. The zero-order valence-corrected chi connectivity index (χ0v) is 19.6. The molecule has 1 aliphatic rings. The second-order valence-corrected chi connectivity index (χ2v) is 8.33. The molecular weight excluding hydrogens is 440 g/mol. The van der Waals surface area contributed by atoms with E-state index in [2.05, 4.69) is 22.6 Å². The molecule has 35 heavy (non-hydrogen) atoms. The maximum absolute atomic E-state index is 13.3. The predicted octanol–water partition coefficient (Wildman–Crippen LogP) is 5.49. The van der Waals surface area contributed by atoms with Crippen LogP contribution in [0.5, 0.6) is 5.75 Å². The number of allylic oxidation sites excluding steroid dienone is 1. The molecule has 0 aliphatic carbocycles. The first-order valence-corrected chi connectivity index (χ1v) is 11.5. The number of ether oxygens (including phenoxy) is 1. The SMILES string of the molecule is COc1cccc(C2NC(=O)N(CCc3ccccc3)C(C)=C2c2nc(-c3ccccc3)no2)c1. The van der Waals surface area contributed by atoms with Crippen LogP contribution < -0.4 is 10.1 Å². The third kappa shape index (κ3) is 4.66. The van der Waals surface area contributed by atoms with Crippen LogP contribution in [-0.4, -0.2) is 34.7 Å². The predicted molar refractivity (Wildman–Crippen MR) is 133 cm³/mol. The summed E-state index contributed by atoms with van der Waals surface area (Å²) in [6, 6.07) is 26.8. The van der Waals surface area contributed by atoms with Gasteiger partial charge in [0.2, 0.25) is 5.82 Å². The highest BCUT2D eigenvalue weighted by Crippen LogP contribution is 2.38. The van der Waals surface area contributed by atoms with Gasteiger partial charge in [-0.25, -0.2) is 4.79 Å². The Morgan fingerprint density at radius 3 is 2.49 bits per heavy atom. The summed E-state index contributed by atoms with van der Waals surface area (Å²) in [7, 11) is 1.62. The minimum atomic E-state index is -0.463. The van der Waals surface area contributed by atoms with E-state index in [0.717, 1.165) is 34.4 Å². The fraction of sp³-hybridized carbons (Fsp3) is 0.179. The molecule has 0 bridgehead atoms. The minimum Gasteiger partial charge on any atom is -0.497 e. The van der Waals surface area contributed by atoms with Gasteiger partial charge in [0.25, 0.3) is 5.89 Å². The van der Waals surface area contributed by atoms with Crippen molar-refractivity contribution in [3.63, 3.8) is 0 Å². The molecule has 1 aromatic heterocycles. The van der Waals surface area contributed by atoms with Crippen LogP contribution in [0.3, 0.4) is 0 Å². The fourth-order valence-corrected chi connectivity index (χ4v) is 4.32. The van der Waals surface area contributed by atoms with Gasteiger partial charge in [-0.15, -0.1) is 0 Å². The van der Waals surface area contributed by atoms with Crippen molar-refractivity contribution in [2.24, 2.45) is 0 Å². The number of carbonyl (C=O) groups is 1. The van der Waals surface area contributed by atoms with E-state index in [9.17, 15) is 4.79 Å². The Bertz CT molecular complexity index is 1350. The summed E-state index contributed by atoms with van der Waals surface area (Å²) in [5.41, 5.74) is 4.43. The van der Waals surface area contributed by atoms with Crippen LogP contribution in [0.15, 0.2) is 95.1 Å². The van der Waals surface area contributed by atoms with E-state index in [1.807, 2.05) is 79.7 Å². The number of nitrogens with one attached hydrogen (secondary N) is 1. The summed E-state index contributed by atoms with van der Waals surface area (Å²) >= 11 is 0. The minimum absolute atomic E-state index is 0.169. The Kier molecular flexibility index (Phi) is 6.30. The Morgan fingerprint density at radius 1 is 1.00 bits per heavy atom. The number of nitrogens with zero attached hydrogens (tertiary/aromatic N) is 3. The van der Waals surface area contributed by atoms with Crippen LogP contribution >= 0.6 is 0 Å². The summed E-state index contributed by atoms with van der Waals surface area (Å²) in [5.74, 6) is 1.58. The molecule has 0 spiro atoms. The Hall–Kier alpha value is -4.39. The van der Waals surface area contributed by atoms with Gasteiger partial charge in [-0.05, 0) is 36.6 Å². The van der Waals surface area contributed by atoms with Gasteiger partial charge in [0.15, 0.2) is 0 Å². The van der Waals surface area contributed by atoms with Crippen molar-refractivity contribution in [2.75, 3.05) is 13.7 Å². The molecule has 0 radical (unpaired) electrons. The number of urea groups is 1. The molecular formula is C28H26N4O3. The third-order valence-corrected chi connectivity index (χ3v) is 6.18. The molecule has 0 fully saturated rings. The van der Waals surface area contributed by atoms with Gasteiger partial charge in [-0.3, -0.25) is 4.90 Å². The van der Waals surface area contributed by atoms with E-state index in [4.69, 9.17) is 14.2 Å². The van der Waals surface area contributed by atoms with E-state index in [1.165, 1.54) is 0 Å². The van der Waals surface area contributed by atoms with Crippen LogP contribution in [0, 0.1) is 0 Å². The van der Waals surface area contributed by atoms with E-state index in [-0.39, 0.29) is 6.03 Å². The average Bonchev–Trinajstić information content (AvgIpc) is 3.39. The molecule has 5 rings (SSSR count). The highest BCUT2D eigenvalue weighted by molar-refractivity contribution is 5.87. The number of aromatic nitrogens is 2. The van der Waals surface area contributed by atoms with Crippen LogP contribution in [0.2, 0.25) is 0 Å². The summed E-state index contributed by atoms with van der Waals surface area (Å²) in [6.07, 6.45) is 0.724. The van der Waals surface area contributed by atoms with Crippen molar-refractivity contribution in [3.8, 4) is 17.1 Å². The normalized spacial score (nSPS) is 15.8.